The predicted molar refractivity (Wildman–Crippen MR) is 73.9 cm³/mol. The standard InChI is InChI=1S/C14H16N4O3/c1-20-13-7-12(21-17-13)14(19)18-6-5-16-11(9-18)10-3-2-4-15-8-10/h2-4,7-8,11,16H,5-6,9H2,1H3. The molecule has 0 spiro atoms. The Labute approximate surface area is 121 Å². The van der Waals surface area contributed by atoms with Gasteiger partial charge in [0.2, 0.25) is 5.76 Å². The predicted octanol–water partition coefficient (Wildman–Crippen LogP) is 0.865. The van der Waals surface area contributed by atoms with Gasteiger partial charge in [0.25, 0.3) is 11.8 Å². The summed E-state index contributed by atoms with van der Waals surface area (Å²) in [5, 5.41) is 7.04. The third kappa shape index (κ3) is 2.87. The van der Waals surface area contributed by atoms with Crippen LogP contribution in [-0.4, -0.2) is 47.7 Å². The number of carbonyl (C=O) groups excluding carboxylic acids is 1. The van der Waals surface area contributed by atoms with E-state index in [1.807, 2.05) is 18.3 Å². The number of piperazine rings is 1. The van der Waals surface area contributed by atoms with Crippen LogP contribution >= 0.6 is 0 Å². The lowest BCUT2D eigenvalue weighted by Crippen LogP contribution is -2.48. The van der Waals surface area contributed by atoms with Crippen LogP contribution in [0.2, 0.25) is 0 Å². The van der Waals surface area contributed by atoms with Crippen molar-refractivity contribution in [3.05, 3.63) is 41.9 Å². The minimum absolute atomic E-state index is 0.0706. The molecule has 1 amide bonds. The highest BCUT2D eigenvalue weighted by molar-refractivity contribution is 5.91. The largest absolute Gasteiger partial charge is 0.479 e. The monoisotopic (exact) mass is 288 g/mol. The fraction of sp³-hybridized carbons (Fsp3) is 0.357. The number of nitrogens with one attached hydrogen (secondary N) is 1. The third-order valence-corrected chi connectivity index (χ3v) is 3.46. The van der Waals surface area contributed by atoms with Crippen LogP contribution in [0.5, 0.6) is 5.88 Å². The van der Waals surface area contributed by atoms with Gasteiger partial charge in [-0.1, -0.05) is 6.07 Å². The molecule has 1 unspecified atom stereocenters. The van der Waals surface area contributed by atoms with E-state index >= 15 is 0 Å². The van der Waals surface area contributed by atoms with Gasteiger partial charge in [0.1, 0.15) is 0 Å². The molecule has 0 bridgehead atoms. The first kappa shape index (κ1) is 13.6. The lowest BCUT2D eigenvalue weighted by atomic mass is 10.1. The molecule has 0 saturated carbocycles. The third-order valence-electron chi connectivity index (χ3n) is 3.46. The van der Waals surface area contributed by atoms with Crippen molar-refractivity contribution in [1.82, 2.24) is 20.4 Å². The minimum Gasteiger partial charge on any atom is -0.479 e. The number of methoxy groups -OCH3 is 1. The van der Waals surface area contributed by atoms with Crippen molar-refractivity contribution in [2.24, 2.45) is 0 Å². The zero-order valence-electron chi connectivity index (χ0n) is 11.7. The molecule has 0 aromatic carbocycles. The van der Waals surface area contributed by atoms with E-state index < -0.39 is 0 Å². The van der Waals surface area contributed by atoms with Crippen molar-refractivity contribution in [2.75, 3.05) is 26.7 Å². The molecule has 0 aliphatic carbocycles. The van der Waals surface area contributed by atoms with Crippen LogP contribution in [0, 0.1) is 0 Å². The second-order valence-corrected chi connectivity index (χ2v) is 4.78. The van der Waals surface area contributed by atoms with Crippen LogP contribution in [0.25, 0.3) is 0 Å². The fourth-order valence-electron chi connectivity index (χ4n) is 2.35. The zero-order valence-corrected chi connectivity index (χ0v) is 11.7. The summed E-state index contributed by atoms with van der Waals surface area (Å²) in [6.45, 7) is 1.91. The lowest BCUT2D eigenvalue weighted by molar-refractivity contribution is 0.0660. The molecular weight excluding hydrogens is 272 g/mol. The molecule has 1 aliphatic rings. The molecule has 1 fully saturated rings. The molecule has 3 rings (SSSR count). The van der Waals surface area contributed by atoms with Crippen LogP contribution in [-0.2, 0) is 0 Å². The van der Waals surface area contributed by atoms with Crippen molar-refractivity contribution >= 4 is 5.91 Å². The van der Waals surface area contributed by atoms with Gasteiger partial charge in [-0.25, -0.2) is 0 Å². The topological polar surface area (TPSA) is 80.5 Å². The summed E-state index contributed by atoms with van der Waals surface area (Å²) < 4.78 is 9.94. The van der Waals surface area contributed by atoms with Gasteiger partial charge >= 0.3 is 0 Å². The summed E-state index contributed by atoms with van der Waals surface area (Å²) in [4.78, 5) is 18.3. The number of carbonyl (C=O) groups is 1. The van der Waals surface area contributed by atoms with Gasteiger partial charge in [-0.05, 0) is 16.8 Å². The second-order valence-electron chi connectivity index (χ2n) is 4.78. The maximum absolute atomic E-state index is 12.4. The molecule has 2 aromatic rings. The zero-order chi connectivity index (χ0) is 14.7. The molecule has 7 nitrogen and oxygen atoms in total. The van der Waals surface area contributed by atoms with Crippen LogP contribution in [0.4, 0.5) is 0 Å². The van der Waals surface area contributed by atoms with Crippen LogP contribution in [0.15, 0.2) is 35.1 Å². The number of ether oxygens (including phenoxy) is 1. The Morgan fingerprint density at radius 3 is 3.19 bits per heavy atom. The van der Waals surface area contributed by atoms with E-state index in [-0.39, 0.29) is 17.7 Å². The number of amides is 1. The molecule has 1 saturated heterocycles. The average Bonchev–Trinajstić information content (AvgIpc) is 3.04. The molecular formula is C14H16N4O3. The number of rotatable bonds is 3. The summed E-state index contributed by atoms with van der Waals surface area (Å²) >= 11 is 0. The van der Waals surface area contributed by atoms with Gasteiger partial charge in [0.15, 0.2) is 0 Å². The maximum atomic E-state index is 12.4. The SMILES string of the molecule is COc1cc(C(=O)N2CCNC(c3cccnc3)C2)on1. The summed E-state index contributed by atoms with van der Waals surface area (Å²) in [5.74, 6) is 0.317. The van der Waals surface area contributed by atoms with Gasteiger partial charge in [-0.2, -0.15) is 0 Å². The molecule has 1 atom stereocenters. The van der Waals surface area contributed by atoms with E-state index in [2.05, 4.69) is 15.5 Å². The molecule has 2 aromatic heterocycles. The molecule has 21 heavy (non-hydrogen) atoms. The van der Waals surface area contributed by atoms with Gasteiger partial charge in [-0.15, -0.1) is 0 Å². The Balaban J connectivity index is 1.72. The van der Waals surface area contributed by atoms with Crippen molar-refractivity contribution in [3.63, 3.8) is 0 Å². The molecule has 110 valence electrons. The Morgan fingerprint density at radius 1 is 1.57 bits per heavy atom. The van der Waals surface area contributed by atoms with Crippen molar-refractivity contribution in [3.8, 4) is 5.88 Å². The number of aromatic nitrogens is 2. The van der Waals surface area contributed by atoms with Crippen LogP contribution < -0.4 is 10.1 Å². The number of hydrogen-bond donors (Lipinski definition) is 1. The number of pyridine rings is 1. The molecule has 7 heteroatoms. The van der Waals surface area contributed by atoms with Crippen LogP contribution in [0.3, 0.4) is 0 Å². The van der Waals surface area contributed by atoms with Gasteiger partial charge in [0.05, 0.1) is 19.2 Å². The Kier molecular flexibility index (Phi) is 3.83. The highest BCUT2D eigenvalue weighted by Gasteiger charge is 2.27. The van der Waals surface area contributed by atoms with E-state index in [4.69, 9.17) is 9.26 Å². The van der Waals surface area contributed by atoms with Crippen molar-refractivity contribution in [1.29, 1.82) is 0 Å². The van der Waals surface area contributed by atoms with Crippen molar-refractivity contribution in [2.45, 2.75) is 6.04 Å². The highest BCUT2D eigenvalue weighted by atomic mass is 16.5. The fourth-order valence-corrected chi connectivity index (χ4v) is 2.35. The first-order valence-corrected chi connectivity index (χ1v) is 6.71. The summed E-state index contributed by atoms with van der Waals surface area (Å²) in [7, 11) is 1.48. The Hall–Kier alpha value is -2.41. The minimum atomic E-state index is -0.179. The number of nitrogens with zero attached hydrogens (tertiary/aromatic N) is 3. The Morgan fingerprint density at radius 2 is 2.48 bits per heavy atom. The summed E-state index contributed by atoms with van der Waals surface area (Å²) in [6.07, 6.45) is 3.54. The average molecular weight is 288 g/mol. The van der Waals surface area contributed by atoms with E-state index in [1.54, 1.807) is 11.1 Å². The van der Waals surface area contributed by atoms with E-state index in [9.17, 15) is 4.79 Å². The summed E-state index contributed by atoms with van der Waals surface area (Å²) in [6, 6.07) is 5.46. The maximum Gasteiger partial charge on any atom is 0.292 e. The van der Waals surface area contributed by atoms with Gasteiger partial charge in [-0.3, -0.25) is 9.78 Å². The second kappa shape index (κ2) is 5.92. The van der Waals surface area contributed by atoms with Gasteiger partial charge < -0.3 is 19.5 Å². The van der Waals surface area contributed by atoms with Crippen LogP contribution in [0.1, 0.15) is 22.2 Å². The van der Waals surface area contributed by atoms with Crippen molar-refractivity contribution < 1.29 is 14.1 Å². The molecule has 3 heterocycles. The van der Waals surface area contributed by atoms with E-state index in [1.165, 1.54) is 13.2 Å². The van der Waals surface area contributed by atoms with Gasteiger partial charge in [0, 0.05) is 32.0 Å². The molecule has 1 N–H and O–H groups in total. The number of hydrogen-bond acceptors (Lipinski definition) is 6. The lowest BCUT2D eigenvalue weighted by Gasteiger charge is -2.33. The van der Waals surface area contributed by atoms with E-state index in [0.717, 1.165) is 12.1 Å². The Bertz CT molecular complexity index is 614. The first-order chi connectivity index (χ1) is 10.3. The normalized spacial score (nSPS) is 18.5. The molecule has 0 radical (unpaired) electrons. The summed E-state index contributed by atoms with van der Waals surface area (Å²) in [5.41, 5.74) is 1.06. The smallest absolute Gasteiger partial charge is 0.292 e. The molecule has 1 aliphatic heterocycles. The first-order valence-electron chi connectivity index (χ1n) is 6.71. The van der Waals surface area contributed by atoms with E-state index in [0.29, 0.717) is 19.0 Å². The highest BCUT2D eigenvalue weighted by Crippen LogP contribution is 2.19. The quantitative estimate of drug-likeness (QED) is 0.902.